The third kappa shape index (κ3) is 3.18. The molecule has 1 amide bonds. The molecule has 0 spiro atoms. The van der Waals surface area contributed by atoms with Crippen molar-refractivity contribution in [3.8, 4) is 0 Å². The molecular weight excluding hydrogens is 258 g/mol. The Labute approximate surface area is 112 Å². The van der Waals surface area contributed by atoms with Crippen molar-refractivity contribution in [2.24, 2.45) is 11.7 Å². The van der Waals surface area contributed by atoms with E-state index in [0.29, 0.717) is 5.92 Å². The number of rotatable bonds is 2. The molecule has 2 unspecified atom stereocenters. The van der Waals surface area contributed by atoms with Gasteiger partial charge in [0.25, 0.3) is 5.91 Å². The van der Waals surface area contributed by atoms with Gasteiger partial charge in [-0.3, -0.25) is 4.79 Å². The van der Waals surface area contributed by atoms with Crippen LogP contribution in [0.15, 0.2) is 6.20 Å². The fourth-order valence-corrected chi connectivity index (χ4v) is 2.76. The maximum absolute atomic E-state index is 12.1. The van der Waals surface area contributed by atoms with Crippen LogP contribution < -0.4 is 5.73 Å². The van der Waals surface area contributed by atoms with E-state index < -0.39 is 0 Å². The molecule has 2 atom stereocenters. The summed E-state index contributed by atoms with van der Waals surface area (Å²) in [7, 11) is 0. The summed E-state index contributed by atoms with van der Waals surface area (Å²) in [5.74, 6) is 0.548. The quantitative estimate of drug-likeness (QED) is 0.893. The molecular formula is C11H18ClN3OS. The predicted octanol–water partition coefficient (Wildman–Crippen LogP) is 1.68. The summed E-state index contributed by atoms with van der Waals surface area (Å²) in [6.07, 6.45) is 2.68. The average Bonchev–Trinajstić information content (AvgIpc) is 2.84. The van der Waals surface area contributed by atoms with Gasteiger partial charge in [0.2, 0.25) is 0 Å². The van der Waals surface area contributed by atoms with Gasteiger partial charge in [-0.05, 0) is 26.2 Å². The standard InChI is InChI=1S/C11H17N3OS.ClH/c1-7(12)9-3-4-14(6-9)11(15)10-5-13-8(2)16-10;/h5,7,9H,3-4,6,12H2,1-2H3;1H. The van der Waals surface area contributed by atoms with Crippen LogP contribution in [-0.4, -0.2) is 34.9 Å². The molecule has 2 N–H and O–H groups in total. The van der Waals surface area contributed by atoms with Crippen LogP contribution in [0, 0.1) is 12.8 Å². The molecule has 1 aromatic rings. The number of aryl methyl sites for hydroxylation is 1. The number of hydrogen-bond acceptors (Lipinski definition) is 4. The normalized spacial score (nSPS) is 21.1. The third-order valence-corrected chi connectivity index (χ3v) is 3.99. The van der Waals surface area contributed by atoms with Crippen LogP contribution in [0.4, 0.5) is 0 Å². The number of thiazole rings is 1. The minimum absolute atomic E-state index is 0. The Morgan fingerprint density at radius 2 is 2.41 bits per heavy atom. The Kier molecular flexibility index (Phi) is 4.91. The van der Waals surface area contributed by atoms with E-state index in [-0.39, 0.29) is 24.4 Å². The minimum Gasteiger partial charge on any atom is -0.338 e. The molecule has 2 heterocycles. The van der Waals surface area contributed by atoms with Gasteiger partial charge in [0, 0.05) is 19.1 Å². The van der Waals surface area contributed by atoms with Crippen LogP contribution in [0.3, 0.4) is 0 Å². The van der Waals surface area contributed by atoms with E-state index in [9.17, 15) is 4.79 Å². The molecule has 0 aromatic carbocycles. The van der Waals surface area contributed by atoms with Crippen LogP contribution in [0.1, 0.15) is 28.0 Å². The molecule has 0 bridgehead atoms. The Morgan fingerprint density at radius 3 is 2.88 bits per heavy atom. The molecule has 1 aliphatic rings. The van der Waals surface area contributed by atoms with E-state index in [1.54, 1.807) is 6.20 Å². The second-order valence-electron chi connectivity index (χ2n) is 4.40. The molecule has 1 saturated heterocycles. The van der Waals surface area contributed by atoms with Crippen molar-refractivity contribution in [3.63, 3.8) is 0 Å². The van der Waals surface area contributed by atoms with E-state index in [1.807, 2.05) is 18.7 Å². The summed E-state index contributed by atoms with van der Waals surface area (Å²) in [5, 5.41) is 0.936. The van der Waals surface area contributed by atoms with Crippen LogP contribution in [0.25, 0.3) is 0 Å². The summed E-state index contributed by atoms with van der Waals surface area (Å²) in [6, 6.07) is 0.168. The molecule has 0 aliphatic carbocycles. The maximum atomic E-state index is 12.1. The van der Waals surface area contributed by atoms with E-state index in [2.05, 4.69) is 4.98 Å². The van der Waals surface area contributed by atoms with Crippen LogP contribution in [-0.2, 0) is 0 Å². The van der Waals surface area contributed by atoms with Gasteiger partial charge in [-0.1, -0.05) is 0 Å². The molecule has 1 aromatic heterocycles. The highest BCUT2D eigenvalue weighted by Crippen LogP contribution is 2.22. The Morgan fingerprint density at radius 1 is 1.71 bits per heavy atom. The molecule has 6 heteroatoms. The highest BCUT2D eigenvalue weighted by molar-refractivity contribution is 7.13. The first-order valence-electron chi connectivity index (χ1n) is 5.55. The first-order chi connectivity index (χ1) is 7.58. The maximum Gasteiger partial charge on any atom is 0.265 e. The number of likely N-dealkylation sites (tertiary alicyclic amines) is 1. The van der Waals surface area contributed by atoms with E-state index >= 15 is 0 Å². The smallest absolute Gasteiger partial charge is 0.265 e. The van der Waals surface area contributed by atoms with Gasteiger partial charge in [-0.2, -0.15) is 0 Å². The van der Waals surface area contributed by atoms with Gasteiger partial charge < -0.3 is 10.6 Å². The fraction of sp³-hybridized carbons (Fsp3) is 0.636. The minimum atomic E-state index is 0. The van der Waals surface area contributed by atoms with Gasteiger partial charge in [-0.15, -0.1) is 23.7 Å². The number of carbonyl (C=O) groups excluding carboxylic acids is 1. The summed E-state index contributed by atoms with van der Waals surface area (Å²) in [4.78, 5) is 18.8. The zero-order valence-electron chi connectivity index (χ0n) is 10.0. The second-order valence-corrected chi connectivity index (χ2v) is 5.64. The van der Waals surface area contributed by atoms with Gasteiger partial charge in [-0.25, -0.2) is 4.98 Å². The van der Waals surface area contributed by atoms with Gasteiger partial charge in [0.1, 0.15) is 4.88 Å². The van der Waals surface area contributed by atoms with Crippen molar-refractivity contribution in [3.05, 3.63) is 16.1 Å². The monoisotopic (exact) mass is 275 g/mol. The van der Waals surface area contributed by atoms with Crippen molar-refractivity contribution in [2.75, 3.05) is 13.1 Å². The Bertz CT molecular complexity index is 394. The van der Waals surface area contributed by atoms with Crippen molar-refractivity contribution < 1.29 is 4.79 Å². The predicted molar refractivity (Wildman–Crippen MR) is 71.8 cm³/mol. The molecule has 96 valence electrons. The molecule has 1 aliphatic heterocycles. The van der Waals surface area contributed by atoms with Crippen molar-refractivity contribution >= 4 is 29.7 Å². The summed E-state index contributed by atoms with van der Waals surface area (Å²) in [5.41, 5.74) is 5.86. The molecule has 17 heavy (non-hydrogen) atoms. The fourth-order valence-electron chi connectivity index (χ4n) is 2.02. The second kappa shape index (κ2) is 5.80. The zero-order chi connectivity index (χ0) is 11.7. The molecule has 1 fully saturated rings. The zero-order valence-corrected chi connectivity index (χ0v) is 11.7. The summed E-state index contributed by atoms with van der Waals surface area (Å²) >= 11 is 1.46. The Hall–Kier alpha value is -0.650. The number of carbonyl (C=O) groups is 1. The lowest BCUT2D eigenvalue weighted by molar-refractivity contribution is 0.0790. The topological polar surface area (TPSA) is 59.2 Å². The molecule has 2 rings (SSSR count). The summed E-state index contributed by atoms with van der Waals surface area (Å²) < 4.78 is 0. The highest BCUT2D eigenvalue weighted by Gasteiger charge is 2.29. The average molecular weight is 276 g/mol. The van der Waals surface area contributed by atoms with E-state index in [4.69, 9.17) is 5.73 Å². The van der Waals surface area contributed by atoms with Crippen LogP contribution in [0.2, 0.25) is 0 Å². The van der Waals surface area contributed by atoms with Gasteiger partial charge >= 0.3 is 0 Å². The van der Waals surface area contributed by atoms with Gasteiger partial charge in [0.15, 0.2) is 0 Å². The molecule has 4 nitrogen and oxygen atoms in total. The lowest BCUT2D eigenvalue weighted by atomic mass is 10.0. The van der Waals surface area contributed by atoms with Crippen molar-refractivity contribution in [1.82, 2.24) is 9.88 Å². The number of aromatic nitrogens is 1. The number of halogens is 1. The van der Waals surface area contributed by atoms with Crippen molar-refractivity contribution in [1.29, 1.82) is 0 Å². The van der Waals surface area contributed by atoms with Crippen LogP contribution >= 0.6 is 23.7 Å². The first kappa shape index (κ1) is 14.4. The first-order valence-corrected chi connectivity index (χ1v) is 6.37. The lowest BCUT2D eigenvalue weighted by Gasteiger charge is -2.17. The summed E-state index contributed by atoms with van der Waals surface area (Å²) in [6.45, 7) is 5.53. The van der Waals surface area contributed by atoms with E-state index in [1.165, 1.54) is 11.3 Å². The number of amides is 1. The number of nitrogens with zero attached hydrogens (tertiary/aromatic N) is 2. The third-order valence-electron chi connectivity index (χ3n) is 3.09. The highest BCUT2D eigenvalue weighted by atomic mass is 35.5. The lowest BCUT2D eigenvalue weighted by Crippen LogP contribution is -2.32. The van der Waals surface area contributed by atoms with Gasteiger partial charge in [0.05, 0.1) is 11.2 Å². The van der Waals surface area contributed by atoms with E-state index in [0.717, 1.165) is 29.4 Å². The Balaban J connectivity index is 0.00000144. The van der Waals surface area contributed by atoms with Crippen molar-refractivity contribution in [2.45, 2.75) is 26.3 Å². The number of nitrogens with two attached hydrogens (primary N) is 1. The number of hydrogen-bond donors (Lipinski definition) is 1. The molecule has 0 radical (unpaired) electrons. The SMILES string of the molecule is Cc1ncc(C(=O)N2CCC(C(C)N)C2)s1.Cl. The largest absolute Gasteiger partial charge is 0.338 e. The van der Waals surface area contributed by atoms with Crippen LogP contribution in [0.5, 0.6) is 0 Å². The molecule has 0 saturated carbocycles.